The molecule has 0 spiro atoms. The maximum absolute atomic E-state index is 9.83. The quantitative estimate of drug-likeness (QED) is 0.835. The molecule has 0 aliphatic heterocycles. The molecule has 0 saturated carbocycles. The van der Waals surface area contributed by atoms with Crippen LogP contribution in [-0.4, -0.2) is 32.9 Å². The number of hydrogen-bond donors (Lipinski definition) is 2. The van der Waals surface area contributed by atoms with Crippen LogP contribution < -0.4 is 5.32 Å². The Labute approximate surface area is 103 Å². The maximum Gasteiger partial charge on any atom is 0.243 e. The maximum atomic E-state index is 9.83. The van der Waals surface area contributed by atoms with E-state index >= 15 is 0 Å². The van der Waals surface area contributed by atoms with E-state index in [1.54, 1.807) is 0 Å². The second-order valence-corrected chi connectivity index (χ2v) is 5.61. The molecule has 2 N–H and O–H groups in total. The van der Waals surface area contributed by atoms with Crippen molar-refractivity contribution in [1.82, 2.24) is 15.2 Å². The lowest BCUT2D eigenvalue weighted by Crippen LogP contribution is -2.26. The number of aliphatic hydroxyl groups is 1. The van der Waals surface area contributed by atoms with Crippen LogP contribution >= 0.6 is 0 Å². The third-order valence-electron chi connectivity index (χ3n) is 2.44. The minimum absolute atomic E-state index is 0.114. The van der Waals surface area contributed by atoms with E-state index < -0.39 is 6.10 Å². The summed E-state index contributed by atoms with van der Waals surface area (Å²) in [5.41, 5.74) is 1.79. The van der Waals surface area contributed by atoms with Gasteiger partial charge in [0.15, 0.2) is 0 Å². The monoisotopic (exact) mass is 238 g/mol. The van der Waals surface area contributed by atoms with Crippen molar-refractivity contribution in [2.24, 2.45) is 5.41 Å². The predicted molar refractivity (Wildman–Crippen MR) is 67.9 cm³/mol. The molecular formula is C12H22N4O. The average Bonchev–Trinajstić information content (AvgIpc) is 2.17. The Bertz CT molecular complexity index is 373. The van der Waals surface area contributed by atoms with Crippen molar-refractivity contribution in [1.29, 1.82) is 0 Å². The number of aliphatic hydroxyl groups excluding tert-OH is 1. The van der Waals surface area contributed by atoms with Crippen LogP contribution in [0.1, 0.15) is 38.6 Å². The lowest BCUT2D eigenvalue weighted by molar-refractivity contribution is 0.132. The molecule has 0 saturated heterocycles. The molecule has 0 amide bonds. The normalized spacial score (nSPS) is 13.5. The molecule has 1 atom stereocenters. The Morgan fingerprint density at radius 1 is 1.18 bits per heavy atom. The van der Waals surface area contributed by atoms with E-state index in [1.165, 1.54) is 0 Å². The molecule has 1 heterocycles. The summed E-state index contributed by atoms with van der Waals surface area (Å²) in [5.74, 6) is 0.473. The van der Waals surface area contributed by atoms with E-state index in [9.17, 15) is 5.11 Å². The third-order valence-corrected chi connectivity index (χ3v) is 2.44. The molecule has 0 aliphatic rings. The summed E-state index contributed by atoms with van der Waals surface area (Å²) in [5, 5.41) is 20.7. The molecule has 17 heavy (non-hydrogen) atoms. The van der Waals surface area contributed by atoms with Crippen LogP contribution in [0.15, 0.2) is 0 Å². The Kier molecular flexibility index (Phi) is 4.40. The van der Waals surface area contributed by atoms with Crippen molar-refractivity contribution in [3.05, 3.63) is 11.4 Å². The van der Waals surface area contributed by atoms with Crippen LogP contribution in [0.2, 0.25) is 0 Å². The van der Waals surface area contributed by atoms with Gasteiger partial charge in [0.1, 0.15) is 0 Å². The van der Waals surface area contributed by atoms with Crippen LogP contribution in [0.5, 0.6) is 0 Å². The van der Waals surface area contributed by atoms with Crippen molar-refractivity contribution >= 4 is 5.95 Å². The molecule has 0 aliphatic carbocycles. The SMILES string of the molecule is Cc1nnc(NCC(O)CC(C)(C)C)nc1C. The molecule has 0 radical (unpaired) electrons. The van der Waals surface area contributed by atoms with Crippen molar-refractivity contribution in [2.45, 2.75) is 47.1 Å². The van der Waals surface area contributed by atoms with Gasteiger partial charge in [-0.05, 0) is 25.7 Å². The lowest BCUT2D eigenvalue weighted by Gasteiger charge is -2.22. The molecule has 5 heteroatoms. The number of rotatable bonds is 4. The van der Waals surface area contributed by atoms with Gasteiger partial charge >= 0.3 is 0 Å². The molecule has 0 aromatic carbocycles. The predicted octanol–water partition coefficient (Wildman–Crippen LogP) is 1.70. The average molecular weight is 238 g/mol. The van der Waals surface area contributed by atoms with Crippen molar-refractivity contribution in [2.75, 3.05) is 11.9 Å². The largest absolute Gasteiger partial charge is 0.391 e. The molecular weight excluding hydrogens is 216 g/mol. The van der Waals surface area contributed by atoms with Crippen LogP contribution in [-0.2, 0) is 0 Å². The van der Waals surface area contributed by atoms with Crippen LogP contribution in [0.4, 0.5) is 5.95 Å². The summed E-state index contributed by atoms with van der Waals surface area (Å²) in [6.45, 7) is 10.5. The second-order valence-electron chi connectivity index (χ2n) is 5.61. The first-order chi connectivity index (χ1) is 7.78. The number of hydrogen-bond acceptors (Lipinski definition) is 5. The van der Waals surface area contributed by atoms with Crippen LogP contribution in [0.25, 0.3) is 0 Å². The van der Waals surface area contributed by atoms with Crippen molar-refractivity contribution < 1.29 is 5.11 Å². The lowest BCUT2D eigenvalue weighted by atomic mass is 9.89. The highest BCUT2D eigenvalue weighted by molar-refractivity contribution is 5.24. The number of aryl methyl sites for hydroxylation is 2. The topological polar surface area (TPSA) is 70.9 Å². The summed E-state index contributed by atoms with van der Waals surface area (Å²) in [7, 11) is 0. The van der Waals surface area contributed by atoms with E-state index in [1.807, 2.05) is 13.8 Å². The first kappa shape index (κ1) is 13.8. The summed E-state index contributed by atoms with van der Waals surface area (Å²) >= 11 is 0. The van der Waals surface area contributed by atoms with Crippen LogP contribution in [0, 0.1) is 19.3 Å². The summed E-state index contributed by atoms with van der Waals surface area (Å²) in [6, 6.07) is 0. The minimum Gasteiger partial charge on any atom is -0.391 e. The highest BCUT2D eigenvalue weighted by Gasteiger charge is 2.16. The Balaban J connectivity index is 2.47. The van der Waals surface area contributed by atoms with Crippen LogP contribution in [0.3, 0.4) is 0 Å². The zero-order chi connectivity index (χ0) is 13.1. The van der Waals surface area contributed by atoms with Crippen molar-refractivity contribution in [3.8, 4) is 0 Å². The number of aromatic nitrogens is 3. The van der Waals surface area contributed by atoms with Gasteiger partial charge in [-0.25, -0.2) is 4.98 Å². The molecule has 1 aromatic heterocycles. The highest BCUT2D eigenvalue weighted by atomic mass is 16.3. The summed E-state index contributed by atoms with van der Waals surface area (Å²) in [4.78, 5) is 4.25. The zero-order valence-corrected chi connectivity index (χ0v) is 11.3. The molecule has 1 rings (SSSR count). The molecule has 0 fully saturated rings. The minimum atomic E-state index is -0.403. The molecule has 5 nitrogen and oxygen atoms in total. The summed E-state index contributed by atoms with van der Waals surface area (Å²) < 4.78 is 0. The highest BCUT2D eigenvalue weighted by Crippen LogP contribution is 2.20. The van der Waals surface area contributed by atoms with E-state index in [0.717, 1.165) is 17.8 Å². The van der Waals surface area contributed by atoms with Crippen molar-refractivity contribution in [3.63, 3.8) is 0 Å². The van der Waals surface area contributed by atoms with Gasteiger partial charge in [0.2, 0.25) is 5.95 Å². The van der Waals surface area contributed by atoms with Gasteiger partial charge in [0.05, 0.1) is 17.5 Å². The van der Waals surface area contributed by atoms with Gasteiger partial charge in [-0.15, -0.1) is 5.10 Å². The van der Waals surface area contributed by atoms with E-state index in [4.69, 9.17) is 0 Å². The van der Waals surface area contributed by atoms with Gasteiger partial charge in [-0.1, -0.05) is 20.8 Å². The molecule has 0 bridgehead atoms. The number of nitrogens with zero attached hydrogens (tertiary/aromatic N) is 3. The van der Waals surface area contributed by atoms with Gasteiger partial charge in [0, 0.05) is 6.54 Å². The Morgan fingerprint density at radius 3 is 2.35 bits per heavy atom. The second kappa shape index (κ2) is 5.40. The fourth-order valence-corrected chi connectivity index (χ4v) is 1.52. The third kappa shape index (κ3) is 5.08. The zero-order valence-electron chi connectivity index (χ0n) is 11.3. The van der Waals surface area contributed by atoms with Gasteiger partial charge in [0.25, 0.3) is 0 Å². The fraction of sp³-hybridized carbons (Fsp3) is 0.750. The molecule has 96 valence electrons. The standard InChI is InChI=1S/C12H22N4O/c1-8-9(2)15-16-11(14-8)13-7-10(17)6-12(3,4)5/h10,17H,6-7H2,1-5H3,(H,13,14,16). The van der Waals surface area contributed by atoms with E-state index in [-0.39, 0.29) is 5.41 Å². The smallest absolute Gasteiger partial charge is 0.243 e. The van der Waals surface area contributed by atoms with Gasteiger partial charge in [-0.3, -0.25) is 0 Å². The Morgan fingerprint density at radius 2 is 1.82 bits per heavy atom. The molecule has 1 aromatic rings. The van der Waals surface area contributed by atoms with E-state index in [0.29, 0.717) is 12.5 Å². The van der Waals surface area contributed by atoms with Gasteiger partial charge in [-0.2, -0.15) is 5.10 Å². The fourth-order valence-electron chi connectivity index (χ4n) is 1.52. The first-order valence-corrected chi connectivity index (χ1v) is 5.88. The summed E-state index contributed by atoms with van der Waals surface area (Å²) in [6.07, 6.45) is 0.332. The first-order valence-electron chi connectivity index (χ1n) is 5.88. The van der Waals surface area contributed by atoms with E-state index in [2.05, 4.69) is 41.3 Å². The Hall–Kier alpha value is -1.23. The number of anilines is 1. The number of nitrogens with one attached hydrogen (secondary N) is 1. The molecule has 1 unspecified atom stereocenters. The van der Waals surface area contributed by atoms with Gasteiger partial charge < -0.3 is 10.4 Å².